The number of carbonyl (C=O) groups is 1. The second-order valence-electron chi connectivity index (χ2n) is 9.69. The van der Waals surface area contributed by atoms with Crippen molar-refractivity contribution in [3.05, 3.63) is 83.4 Å². The molecule has 7 nitrogen and oxygen atoms in total. The summed E-state index contributed by atoms with van der Waals surface area (Å²) in [5.41, 5.74) is 7.36. The summed E-state index contributed by atoms with van der Waals surface area (Å²) in [5, 5.41) is 5.16. The molecule has 0 saturated carbocycles. The minimum absolute atomic E-state index is 0.0414. The lowest BCUT2D eigenvalue weighted by Crippen LogP contribution is -2.27. The van der Waals surface area contributed by atoms with Gasteiger partial charge in [-0.3, -0.25) is 4.98 Å². The van der Waals surface area contributed by atoms with Crippen LogP contribution in [0.1, 0.15) is 46.3 Å². The maximum Gasteiger partial charge on any atom is 0.337 e. The van der Waals surface area contributed by atoms with Gasteiger partial charge in [0.25, 0.3) is 0 Å². The molecule has 4 heterocycles. The normalized spacial score (nSPS) is 15.3. The van der Waals surface area contributed by atoms with Gasteiger partial charge in [-0.25, -0.2) is 4.79 Å². The third-order valence-corrected chi connectivity index (χ3v) is 7.51. The molecule has 0 amide bonds. The van der Waals surface area contributed by atoms with Gasteiger partial charge in [0.05, 0.1) is 41.0 Å². The van der Waals surface area contributed by atoms with E-state index in [4.69, 9.17) is 19.0 Å². The Bertz CT molecular complexity index is 1580. The van der Waals surface area contributed by atoms with Gasteiger partial charge >= 0.3 is 5.97 Å². The van der Waals surface area contributed by atoms with Crippen molar-refractivity contribution < 1.29 is 18.8 Å². The largest absolute Gasteiger partial charge is 0.465 e. The molecule has 0 bridgehead atoms. The average molecular weight is 496 g/mol. The second kappa shape index (κ2) is 9.48. The number of ether oxygens (including phenoxy) is 2. The molecule has 0 radical (unpaired) electrons. The lowest BCUT2D eigenvalue weighted by atomic mass is 9.86. The summed E-state index contributed by atoms with van der Waals surface area (Å²) in [5.74, 6) is 0.767. The van der Waals surface area contributed by atoms with Crippen LogP contribution in [-0.4, -0.2) is 41.0 Å². The summed E-state index contributed by atoms with van der Waals surface area (Å²) in [4.78, 5) is 17.5. The van der Waals surface area contributed by atoms with Gasteiger partial charge in [-0.2, -0.15) is 0 Å². The molecule has 1 fully saturated rings. The quantitative estimate of drug-likeness (QED) is 0.268. The molecule has 1 atom stereocenters. The monoisotopic (exact) mass is 495 g/mol. The van der Waals surface area contributed by atoms with E-state index in [1.807, 2.05) is 44.3 Å². The SMILES string of the molecule is COC(=O)c1ccc2c3ncc(-c4c(C)noc4C)cc3n([C@H](c3ccccc3)C3CCOCC3)c2c1. The molecule has 0 aliphatic carbocycles. The number of carbonyl (C=O) groups excluding carboxylic acids is 1. The maximum absolute atomic E-state index is 12.5. The topological polar surface area (TPSA) is 79.4 Å². The van der Waals surface area contributed by atoms with Crippen molar-refractivity contribution >= 4 is 27.9 Å². The van der Waals surface area contributed by atoms with E-state index in [1.54, 1.807) is 0 Å². The summed E-state index contributed by atoms with van der Waals surface area (Å²) >= 11 is 0. The van der Waals surface area contributed by atoms with Crippen molar-refractivity contribution in [1.82, 2.24) is 14.7 Å². The number of hydrogen-bond donors (Lipinski definition) is 0. The highest BCUT2D eigenvalue weighted by Crippen LogP contribution is 2.41. The summed E-state index contributed by atoms with van der Waals surface area (Å²) in [6.07, 6.45) is 3.79. The molecule has 0 spiro atoms. The molecule has 3 aromatic heterocycles. The molecule has 7 heteroatoms. The fourth-order valence-electron chi connectivity index (χ4n) is 5.80. The number of pyridine rings is 1. The van der Waals surface area contributed by atoms with E-state index in [9.17, 15) is 4.79 Å². The molecule has 1 aliphatic rings. The first kappa shape index (κ1) is 23.4. The highest BCUT2D eigenvalue weighted by Gasteiger charge is 2.30. The molecule has 37 heavy (non-hydrogen) atoms. The van der Waals surface area contributed by atoms with Crippen LogP contribution < -0.4 is 0 Å². The van der Waals surface area contributed by atoms with E-state index in [0.29, 0.717) is 11.5 Å². The van der Waals surface area contributed by atoms with Crippen molar-refractivity contribution in [2.75, 3.05) is 20.3 Å². The fraction of sp³-hybridized carbons (Fsp3) is 0.300. The van der Waals surface area contributed by atoms with Gasteiger partial charge in [-0.1, -0.05) is 35.5 Å². The molecule has 188 valence electrons. The minimum Gasteiger partial charge on any atom is -0.465 e. The number of rotatable bonds is 5. The van der Waals surface area contributed by atoms with Crippen LogP contribution in [0.25, 0.3) is 33.1 Å². The average Bonchev–Trinajstić information content (AvgIpc) is 3.45. The number of fused-ring (bicyclic) bond motifs is 3. The summed E-state index contributed by atoms with van der Waals surface area (Å²) in [6.45, 7) is 5.35. The van der Waals surface area contributed by atoms with Crippen molar-refractivity contribution in [2.24, 2.45) is 5.92 Å². The van der Waals surface area contributed by atoms with Crippen LogP contribution in [0.3, 0.4) is 0 Å². The maximum atomic E-state index is 12.5. The predicted molar refractivity (Wildman–Crippen MR) is 142 cm³/mol. The van der Waals surface area contributed by atoms with Crippen molar-refractivity contribution in [1.29, 1.82) is 0 Å². The Labute approximate surface area is 215 Å². The third-order valence-electron chi connectivity index (χ3n) is 7.51. The van der Waals surface area contributed by atoms with E-state index in [-0.39, 0.29) is 12.0 Å². The summed E-state index contributed by atoms with van der Waals surface area (Å²) in [6, 6.07) is 18.5. The Kier molecular flexibility index (Phi) is 6.00. The zero-order valence-corrected chi connectivity index (χ0v) is 21.2. The second-order valence-corrected chi connectivity index (χ2v) is 9.69. The molecular weight excluding hydrogens is 466 g/mol. The number of hydrogen-bond acceptors (Lipinski definition) is 6. The van der Waals surface area contributed by atoms with Crippen molar-refractivity contribution in [3.63, 3.8) is 0 Å². The minimum atomic E-state index is -0.356. The number of aryl methyl sites for hydroxylation is 2. The van der Waals surface area contributed by atoms with Crippen LogP contribution >= 0.6 is 0 Å². The predicted octanol–water partition coefficient (Wildman–Crippen LogP) is 6.26. The molecule has 6 rings (SSSR count). The van der Waals surface area contributed by atoms with Gasteiger partial charge < -0.3 is 18.6 Å². The van der Waals surface area contributed by atoms with Gasteiger partial charge in [0, 0.05) is 35.9 Å². The Morgan fingerprint density at radius 1 is 1.05 bits per heavy atom. The van der Waals surface area contributed by atoms with Crippen LogP contribution in [0.4, 0.5) is 0 Å². The van der Waals surface area contributed by atoms with E-state index < -0.39 is 0 Å². The van der Waals surface area contributed by atoms with Crippen LogP contribution in [0.5, 0.6) is 0 Å². The molecular formula is C30H29N3O4. The zero-order valence-electron chi connectivity index (χ0n) is 21.2. The van der Waals surface area contributed by atoms with E-state index in [1.165, 1.54) is 12.7 Å². The Balaban J connectivity index is 1.68. The van der Waals surface area contributed by atoms with Crippen molar-refractivity contribution in [2.45, 2.75) is 32.7 Å². The smallest absolute Gasteiger partial charge is 0.337 e. The first-order valence-corrected chi connectivity index (χ1v) is 12.6. The van der Waals surface area contributed by atoms with E-state index in [0.717, 1.165) is 70.6 Å². The summed E-state index contributed by atoms with van der Waals surface area (Å²) in [7, 11) is 1.41. The van der Waals surface area contributed by atoms with E-state index >= 15 is 0 Å². The van der Waals surface area contributed by atoms with Gasteiger partial charge in [-0.05, 0) is 62.4 Å². The molecule has 5 aromatic rings. The highest BCUT2D eigenvalue weighted by atomic mass is 16.5. The Hall–Kier alpha value is -3.97. The number of methoxy groups -OCH3 is 1. The van der Waals surface area contributed by atoms with Gasteiger partial charge in [0.2, 0.25) is 0 Å². The van der Waals surface area contributed by atoms with Crippen molar-refractivity contribution in [3.8, 4) is 11.1 Å². The number of nitrogens with zero attached hydrogens (tertiary/aromatic N) is 3. The standard InChI is InChI=1S/C30H29N3O4/c1-18-27(19(2)37-32-18)23-16-26-28(31-17-23)24-10-9-22(30(34)35-3)15-25(24)33(26)29(20-7-5-4-6-8-20)21-11-13-36-14-12-21/h4-10,15-17,21,29H,11-14H2,1-3H3/t29-/m1/s1. The van der Waals surface area contributed by atoms with Crippen LogP contribution in [-0.2, 0) is 9.47 Å². The van der Waals surface area contributed by atoms with Crippen LogP contribution in [0.2, 0.25) is 0 Å². The number of esters is 1. The molecule has 0 N–H and O–H groups in total. The fourth-order valence-corrected chi connectivity index (χ4v) is 5.80. The zero-order chi connectivity index (χ0) is 25.5. The lowest BCUT2D eigenvalue weighted by molar-refractivity contribution is 0.0553. The first-order valence-electron chi connectivity index (χ1n) is 12.6. The molecule has 1 aliphatic heterocycles. The van der Waals surface area contributed by atoms with Gasteiger partial charge in [0.15, 0.2) is 0 Å². The van der Waals surface area contributed by atoms with Crippen LogP contribution in [0, 0.1) is 19.8 Å². The van der Waals surface area contributed by atoms with Gasteiger partial charge in [-0.15, -0.1) is 0 Å². The molecule has 0 unspecified atom stereocenters. The Morgan fingerprint density at radius 2 is 1.84 bits per heavy atom. The highest BCUT2D eigenvalue weighted by molar-refractivity contribution is 6.08. The molecule has 2 aromatic carbocycles. The van der Waals surface area contributed by atoms with Gasteiger partial charge in [0.1, 0.15) is 5.76 Å². The first-order chi connectivity index (χ1) is 18.1. The summed E-state index contributed by atoms with van der Waals surface area (Å²) < 4.78 is 18.6. The Morgan fingerprint density at radius 3 is 2.54 bits per heavy atom. The lowest BCUT2D eigenvalue weighted by Gasteiger charge is -2.33. The number of benzene rings is 2. The molecule has 1 saturated heterocycles. The number of aromatic nitrogens is 3. The van der Waals surface area contributed by atoms with Crippen LogP contribution in [0.15, 0.2) is 65.3 Å². The van der Waals surface area contributed by atoms with E-state index in [2.05, 4.69) is 40.1 Å². The third kappa shape index (κ3) is 4.00.